The van der Waals surface area contributed by atoms with E-state index >= 15 is 0 Å². The number of nitrogens with one attached hydrogen (secondary N) is 2. The summed E-state index contributed by atoms with van der Waals surface area (Å²) in [6.07, 6.45) is -0.358. The first-order valence-corrected chi connectivity index (χ1v) is 5.17. The molecule has 0 aromatic heterocycles. The summed E-state index contributed by atoms with van der Waals surface area (Å²) in [5.41, 5.74) is -0.428. The van der Waals surface area contributed by atoms with Crippen molar-refractivity contribution in [2.45, 2.75) is 37.4 Å². The van der Waals surface area contributed by atoms with Gasteiger partial charge in [-0.1, -0.05) is 15.9 Å². The molecule has 1 aliphatic heterocycles. The van der Waals surface area contributed by atoms with E-state index < -0.39 is 5.60 Å². The first-order chi connectivity index (χ1) is 5.88. The molecule has 1 amide bonds. The summed E-state index contributed by atoms with van der Waals surface area (Å²) in [6, 6.07) is 0.134. The Balaban J connectivity index is 2.25. The van der Waals surface area contributed by atoms with Gasteiger partial charge in [0.2, 0.25) is 0 Å². The molecule has 0 aromatic carbocycles. The second kappa shape index (κ2) is 3.84. The standard InChI is InChI=1S/C8H15BrN2O2/c1-8(2,3)13-7(12)11-5-4-10-6(5)9/h5-6,10H,4H2,1-3H3,(H,11,12)/t5?,6-/m1/s1. The van der Waals surface area contributed by atoms with Gasteiger partial charge in [-0.3, -0.25) is 0 Å². The number of rotatable bonds is 1. The Kier molecular flexibility index (Phi) is 3.18. The molecule has 0 saturated carbocycles. The van der Waals surface area contributed by atoms with Crippen LogP contribution in [-0.2, 0) is 4.74 Å². The fraction of sp³-hybridized carbons (Fsp3) is 0.875. The van der Waals surface area contributed by atoms with Gasteiger partial charge in [0.05, 0.1) is 11.0 Å². The molecular formula is C8H15BrN2O2. The zero-order valence-electron chi connectivity index (χ0n) is 8.06. The number of alkyl carbamates (subject to hydrolysis) is 1. The molecule has 2 atom stereocenters. The van der Waals surface area contributed by atoms with Crippen LogP contribution in [0.5, 0.6) is 0 Å². The van der Waals surface area contributed by atoms with Crippen LogP contribution < -0.4 is 10.6 Å². The van der Waals surface area contributed by atoms with E-state index in [1.165, 1.54) is 0 Å². The zero-order chi connectivity index (χ0) is 10.1. The lowest BCUT2D eigenvalue weighted by molar-refractivity contribution is 0.0484. The number of ether oxygens (including phenoxy) is 1. The maximum Gasteiger partial charge on any atom is 0.408 e. The highest BCUT2D eigenvalue weighted by molar-refractivity contribution is 9.09. The van der Waals surface area contributed by atoms with E-state index in [9.17, 15) is 4.79 Å². The summed E-state index contributed by atoms with van der Waals surface area (Å²) >= 11 is 3.35. The third-order valence-electron chi connectivity index (χ3n) is 1.59. The van der Waals surface area contributed by atoms with Gasteiger partial charge < -0.3 is 15.4 Å². The molecule has 1 rings (SSSR count). The fourth-order valence-corrected chi connectivity index (χ4v) is 1.41. The Bertz CT molecular complexity index is 203. The second-order valence-electron chi connectivity index (χ2n) is 4.06. The first-order valence-electron chi connectivity index (χ1n) is 4.25. The molecule has 13 heavy (non-hydrogen) atoms. The van der Waals surface area contributed by atoms with Crippen LogP contribution in [0.4, 0.5) is 4.79 Å². The van der Waals surface area contributed by atoms with Crippen molar-refractivity contribution >= 4 is 22.0 Å². The summed E-state index contributed by atoms with van der Waals surface area (Å²) in [7, 11) is 0. The monoisotopic (exact) mass is 250 g/mol. The smallest absolute Gasteiger partial charge is 0.408 e. The lowest BCUT2D eigenvalue weighted by Gasteiger charge is -2.34. The number of hydrogen-bond acceptors (Lipinski definition) is 3. The summed E-state index contributed by atoms with van der Waals surface area (Å²) < 4.78 is 5.09. The van der Waals surface area contributed by atoms with Crippen molar-refractivity contribution in [3.63, 3.8) is 0 Å². The Morgan fingerprint density at radius 2 is 2.23 bits per heavy atom. The van der Waals surface area contributed by atoms with E-state index in [1.807, 2.05) is 20.8 Å². The van der Waals surface area contributed by atoms with Crippen LogP contribution in [0.15, 0.2) is 0 Å². The molecule has 1 saturated heterocycles. The van der Waals surface area contributed by atoms with Crippen molar-refractivity contribution in [3.05, 3.63) is 0 Å². The van der Waals surface area contributed by atoms with Crippen LogP contribution in [-0.4, -0.2) is 29.2 Å². The SMILES string of the molecule is CC(C)(C)OC(=O)NC1CN[C@H]1Br. The van der Waals surface area contributed by atoms with Gasteiger partial charge in [0.15, 0.2) is 0 Å². The first kappa shape index (κ1) is 10.8. The van der Waals surface area contributed by atoms with Gasteiger partial charge in [0.25, 0.3) is 0 Å². The summed E-state index contributed by atoms with van der Waals surface area (Å²) in [6.45, 7) is 6.32. The van der Waals surface area contributed by atoms with Crippen molar-refractivity contribution in [1.29, 1.82) is 0 Å². The Morgan fingerprint density at radius 1 is 1.62 bits per heavy atom. The molecule has 0 spiro atoms. The van der Waals surface area contributed by atoms with Crippen LogP contribution in [0.1, 0.15) is 20.8 Å². The predicted molar refractivity (Wildman–Crippen MR) is 53.9 cm³/mol. The molecule has 76 valence electrons. The van der Waals surface area contributed by atoms with Crippen LogP contribution in [0, 0.1) is 0 Å². The summed E-state index contributed by atoms with van der Waals surface area (Å²) in [4.78, 5) is 11.4. The highest BCUT2D eigenvalue weighted by Crippen LogP contribution is 2.12. The maximum absolute atomic E-state index is 11.2. The molecule has 1 aliphatic rings. The quantitative estimate of drug-likeness (QED) is 0.544. The molecule has 4 nitrogen and oxygen atoms in total. The van der Waals surface area contributed by atoms with E-state index in [0.29, 0.717) is 0 Å². The average molecular weight is 251 g/mol. The molecule has 5 heteroatoms. The van der Waals surface area contributed by atoms with Crippen molar-refractivity contribution in [1.82, 2.24) is 10.6 Å². The number of halogens is 1. The van der Waals surface area contributed by atoms with Crippen molar-refractivity contribution in [2.75, 3.05) is 6.54 Å². The Morgan fingerprint density at radius 3 is 2.54 bits per heavy atom. The van der Waals surface area contributed by atoms with Gasteiger partial charge in [0.1, 0.15) is 5.60 Å². The normalized spacial score (nSPS) is 27.7. The largest absolute Gasteiger partial charge is 0.444 e. The predicted octanol–water partition coefficient (Wildman–Crippen LogP) is 1.20. The van der Waals surface area contributed by atoms with Crippen LogP contribution >= 0.6 is 15.9 Å². The maximum atomic E-state index is 11.2. The molecular weight excluding hydrogens is 236 g/mol. The number of carbonyl (C=O) groups is 1. The van der Waals surface area contributed by atoms with Crippen LogP contribution in [0.3, 0.4) is 0 Å². The number of amides is 1. The zero-order valence-corrected chi connectivity index (χ0v) is 9.64. The van der Waals surface area contributed by atoms with Gasteiger partial charge in [-0.25, -0.2) is 4.79 Å². The van der Waals surface area contributed by atoms with E-state index in [4.69, 9.17) is 4.74 Å². The number of hydrogen-bond donors (Lipinski definition) is 2. The molecule has 1 heterocycles. The molecule has 1 fully saturated rings. The summed E-state index contributed by atoms with van der Waals surface area (Å²) in [5, 5.41) is 5.83. The third-order valence-corrected chi connectivity index (χ3v) is 2.55. The molecule has 0 radical (unpaired) electrons. The number of carbonyl (C=O) groups excluding carboxylic acids is 1. The molecule has 0 aromatic rings. The minimum atomic E-state index is -0.428. The number of alkyl halides is 1. The highest BCUT2D eigenvalue weighted by Gasteiger charge is 2.30. The lowest BCUT2D eigenvalue weighted by atomic mass is 10.2. The second-order valence-corrected chi connectivity index (χ2v) is 5.05. The molecule has 1 unspecified atom stereocenters. The van der Waals surface area contributed by atoms with Crippen molar-refractivity contribution in [2.24, 2.45) is 0 Å². The van der Waals surface area contributed by atoms with E-state index in [0.717, 1.165) is 6.54 Å². The average Bonchev–Trinajstić information content (AvgIpc) is 1.94. The minimum Gasteiger partial charge on any atom is -0.444 e. The fourth-order valence-electron chi connectivity index (χ4n) is 0.908. The van der Waals surface area contributed by atoms with Gasteiger partial charge in [0, 0.05) is 6.54 Å². The highest BCUT2D eigenvalue weighted by atomic mass is 79.9. The van der Waals surface area contributed by atoms with Gasteiger partial charge in [-0.15, -0.1) is 0 Å². The Hall–Kier alpha value is -0.290. The van der Waals surface area contributed by atoms with Crippen LogP contribution in [0.25, 0.3) is 0 Å². The Labute approximate surface area is 86.5 Å². The van der Waals surface area contributed by atoms with E-state index in [2.05, 4.69) is 26.6 Å². The van der Waals surface area contributed by atoms with Gasteiger partial charge in [-0.2, -0.15) is 0 Å². The summed E-state index contributed by atoms with van der Waals surface area (Å²) in [5.74, 6) is 0. The lowest BCUT2D eigenvalue weighted by Crippen LogP contribution is -2.62. The van der Waals surface area contributed by atoms with Gasteiger partial charge in [-0.05, 0) is 20.8 Å². The molecule has 2 N–H and O–H groups in total. The minimum absolute atomic E-state index is 0.134. The van der Waals surface area contributed by atoms with Crippen molar-refractivity contribution in [3.8, 4) is 0 Å². The molecule has 0 aliphatic carbocycles. The topological polar surface area (TPSA) is 50.4 Å². The third kappa shape index (κ3) is 3.52. The van der Waals surface area contributed by atoms with E-state index in [-0.39, 0.29) is 17.1 Å². The molecule has 0 bridgehead atoms. The van der Waals surface area contributed by atoms with E-state index in [1.54, 1.807) is 0 Å². The van der Waals surface area contributed by atoms with Gasteiger partial charge >= 0.3 is 6.09 Å². The van der Waals surface area contributed by atoms with Crippen LogP contribution in [0.2, 0.25) is 0 Å². The van der Waals surface area contributed by atoms with Crippen molar-refractivity contribution < 1.29 is 9.53 Å².